The highest BCUT2D eigenvalue weighted by Crippen LogP contribution is 2.60. The van der Waals surface area contributed by atoms with E-state index in [9.17, 15) is 0 Å². The van der Waals surface area contributed by atoms with Crippen LogP contribution in [-0.2, 0) is 0 Å². The monoisotopic (exact) mass is 226 g/mol. The largest absolute Gasteiger partial charge is 0.0993 e. The molecule has 4 rings (SSSR count). The molecule has 0 heterocycles. The maximum absolute atomic E-state index is 4.26. The molecule has 4 bridgehead atoms. The van der Waals surface area contributed by atoms with E-state index in [-0.39, 0.29) is 0 Å². The predicted molar refractivity (Wildman–Crippen MR) is 54.4 cm³/mol. The number of allylic oxidation sites excluding steroid dienone is 1. The fraction of sp³-hybridized carbons (Fsp3) is 0.818. The highest BCUT2D eigenvalue weighted by molar-refractivity contribution is 9.10. The molecule has 0 aliphatic heterocycles. The number of alkyl halides is 1. The molecule has 0 saturated heterocycles. The average Bonchev–Trinajstić information content (AvgIpc) is 1.96. The lowest BCUT2D eigenvalue weighted by molar-refractivity contribution is 0.0949. The van der Waals surface area contributed by atoms with E-state index in [0.717, 1.165) is 17.8 Å². The molecular formula is C11H15Br. The Labute approximate surface area is 82.5 Å². The first kappa shape index (κ1) is 7.61. The molecule has 0 spiro atoms. The molecule has 4 saturated carbocycles. The van der Waals surface area contributed by atoms with Gasteiger partial charge in [0, 0.05) is 4.32 Å². The topological polar surface area (TPSA) is 0 Å². The van der Waals surface area contributed by atoms with Crippen molar-refractivity contribution in [1.82, 2.24) is 0 Å². The first-order valence-corrected chi connectivity index (χ1v) is 5.83. The molecule has 0 aromatic carbocycles. The minimum atomic E-state index is 0.532. The van der Waals surface area contributed by atoms with Gasteiger partial charge in [0.15, 0.2) is 0 Å². The van der Waals surface area contributed by atoms with Gasteiger partial charge in [-0.3, -0.25) is 0 Å². The Balaban J connectivity index is 2.00. The normalized spacial score (nSPS) is 56.4. The zero-order chi connectivity index (χ0) is 8.34. The van der Waals surface area contributed by atoms with Gasteiger partial charge in [0.1, 0.15) is 0 Å². The van der Waals surface area contributed by atoms with Gasteiger partial charge in [-0.2, -0.15) is 0 Å². The van der Waals surface area contributed by atoms with Crippen molar-refractivity contribution in [3.05, 3.63) is 12.2 Å². The van der Waals surface area contributed by atoms with Gasteiger partial charge in [0.2, 0.25) is 0 Å². The summed E-state index contributed by atoms with van der Waals surface area (Å²) in [5.74, 6) is 2.76. The van der Waals surface area contributed by atoms with Crippen molar-refractivity contribution in [2.45, 2.75) is 36.4 Å². The lowest BCUT2D eigenvalue weighted by atomic mass is 9.54. The second-order valence-electron chi connectivity index (χ2n) is 5.07. The number of hydrogen-bond acceptors (Lipinski definition) is 0. The van der Waals surface area contributed by atoms with Crippen molar-refractivity contribution in [2.75, 3.05) is 0 Å². The SMILES string of the molecule is C=C1C2CC3CC1CC(Br)(C3)C2. The van der Waals surface area contributed by atoms with E-state index in [1.807, 2.05) is 0 Å². The summed E-state index contributed by atoms with van der Waals surface area (Å²) >= 11 is 3.94. The lowest BCUT2D eigenvalue weighted by Crippen LogP contribution is -2.47. The Morgan fingerprint density at radius 1 is 1.17 bits per heavy atom. The molecule has 0 nitrogen and oxygen atoms in total. The molecule has 2 unspecified atom stereocenters. The van der Waals surface area contributed by atoms with Crippen LogP contribution in [0.4, 0.5) is 0 Å². The van der Waals surface area contributed by atoms with Crippen molar-refractivity contribution < 1.29 is 0 Å². The van der Waals surface area contributed by atoms with E-state index >= 15 is 0 Å². The Kier molecular flexibility index (Phi) is 1.38. The highest BCUT2D eigenvalue weighted by Gasteiger charge is 2.51. The van der Waals surface area contributed by atoms with E-state index in [2.05, 4.69) is 22.5 Å². The van der Waals surface area contributed by atoms with Crippen LogP contribution in [0.1, 0.15) is 32.1 Å². The summed E-state index contributed by atoms with van der Waals surface area (Å²) in [5.41, 5.74) is 1.58. The van der Waals surface area contributed by atoms with Gasteiger partial charge in [-0.05, 0) is 49.9 Å². The van der Waals surface area contributed by atoms with Gasteiger partial charge in [-0.15, -0.1) is 0 Å². The zero-order valence-corrected chi connectivity index (χ0v) is 8.94. The molecule has 4 aliphatic carbocycles. The third-order valence-electron chi connectivity index (χ3n) is 4.16. The van der Waals surface area contributed by atoms with Crippen LogP contribution in [0.25, 0.3) is 0 Å². The van der Waals surface area contributed by atoms with Crippen LogP contribution < -0.4 is 0 Å². The average molecular weight is 227 g/mol. The fourth-order valence-corrected chi connectivity index (χ4v) is 5.02. The summed E-state index contributed by atoms with van der Waals surface area (Å²) in [7, 11) is 0. The van der Waals surface area contributed by atoms with Crippen LogP contribution in [0.2, 0.25) is 0 Å². The first-order valence-electron chi connectivity index (χ1n) is 5.04. The molecule has 0 amide bonds. The van der Waals surface area contributed by atoms with Crippen LogP contribution in [-0.4, -0.2) is 4.32 Å². The third kappa shape index (κ3) is 0.891. The Bertz CT molecular complexity index is 225. The molecular weight excluding hydrogens is 212 g/mol. The van der Waals surface area contributed by atoms with Crippen LogP contribution in [0, 0.1) is 17.8 Å². The second kappa shape index (κ2) is 2.17. The predicted octanol–water partition coefficient (Wildman–Crippen LogP) is 3.52. The van der Waals surface area contributed by atoms with Crippen molar-refractivity contribution in [1.29, 1.82) is 0 Å². The van der Waals surface area contributed by atoms with Crippen molar-refractivity contribution >= 4 is 15.9 Å². The van der Waals surface area contributed by atoms with E-state index < -0.39 is 0 Å². The molecule has 12 heavy (non-hydrogen) atoms. The van der Waals surface area contributed by atoms with E-state index in [1.165, 1.54) is 32.1 Å². The summed E-state index contributed by atoms with van der Waals surface area (Å²) in [4.78, 5) is 0. The van der Waals surface area contributed by atoms with Gasteiger partial charge in [0.05, 0.1) is 0 Å². The van der Waals surface area contributed by atoms with E-state index in [0.29, 0.717) is 4.32 Å². The van der Waals surface area contributed by atoms with Crippen LogP contribution in [0.3, 0.4) is 0 Å². The summed E-state index contributed by atoms with van der Waals surface area (Å²) < 4.78 is 0.532. The second-order valence-corrected chi connectivity index (χ2v) is 6.75. The molecule has 0 aromatic rings. The van der Waals surface area contributed by atoms with Crippen LogP contribution in [0.5, 0.6) is 0 Å². The molecule has 0 aromatic heterocycles. The minimum Gasteiger partial charge on any atom is -0.0993 e. The smallest absolute Gasteiger partial charge is 0.0272 e. The molecule has 0 radical (unpaired) electrons. The summed E-state index contributed by atoms with van der Waals surface area (Å²) in [6.07, 6.45) is 7.08. The molecule has 1 heteroatoms. The van der Waals surface area contributed by atoms with Crippen LogP contribution >= 0.6 is 15.9 Å². The van der Waals surface area contributed by atoms with Crippen molar-refractivity contribution in [3.63, 3.8) is 0 Å². The van der Waals surface area contributed by atoms with Gasteiger partial charge < -0.3 is 0 Å². The number of hydrogen-bond donors (Lipinski definition) is 0. The summed E-state index contributed by atoms with van der Waals surface area (Å²) in [5, 5.41) is 0. The Hall–Kier alpha value is 0.220. The summed E-state index contributed by atoms with van der Waals surface area (Å²) in [6.45, 7) is 4.26. The van der Waals surface area contributed by atoms with Gasteiger partial charge in [-0.25, -0.2) is 0 Å². The third-order valence-corrected chi connectivity index (χ3v) is 5.13. The first-order chi connectivity index (χ1) is 5.66. The maximum atomic E-state index is 4.26. The molecule has 4 aliphatic rings. The van der Waals surface area contributed by atoms with Gasteiger partial charge in [-0.1, -0.05) is 28.1 Å². The Morgan fingerprint density at radius 2 is 1.75 bits per heavy atom. The fourth-order valence-electron chi connectivity index (χ4n) is 3.78. The van der Waals surface area contributed by atoms with Gasteiger partial charge in [0.25, 0.3) is 0 Å². The maximum Gasteiger partial charge on any atom is 0.0272 e. The van der Waals surface area contributed by atoms with Crippen LogP contribution in [0.15, 0.2) is 12.2 Å². The van der Waals surface area contributed by atoms with E-state index in [4.69, 9.17) is 0 Å². The molecule has 0 N–H and O–H groups in total. The lowest BCUT2D eigenvalue weighted by Gasteiger charge is -2.55. The number of rotatable bonds is 0. The van der Waals surface area contributed by atoms with Crippen molar-refractivity contribution in [2.24, 2.45) is 17.8 Å². The van der Waals surface area contributed by atoms with Gasteiger partial charge >= 0.3 is 0 Å². The van der Waals surface area contributed by atoms with E-state index in [1.54, 1.807) is 5.57 Å². The highest BCUT2D eigenvalue weighted by atomic mass is 79.9. The summed E-state index contributed by atoms with van der Waals surface area (Å²) in [6, 6.07) is 0. The zero-order valence-electron chi connectivity index (χ0n) is 7.35. The molecule has 66 valence electrons. The molecule has 4 fully saturated rings. The quantitative estimate of drug-likeness (QED) is 0.438. The minimum absolute atomic E-state index is 0.532. The Morgan fingerprint density at radius 3 is 2.25 bits per heavy atom. The number of halogens is 1. The van der Waals surface area contributed by atoms with Crippen molar-refractivity contribution in [3.8, 4) is 0 Å². The standard InChI is InChI=1S/C11H15Br/c1-7-9-2-8-3-10(7)6-11(12,4-8)5-9/h8-10H,1-6H2. The molecule has 2 atom stereocenters.